The van der Waals surface area contributed by atoms with Crippen LogP contribution in [-0.2, 0) is 24.2 Å². The molecule has 1 aromatic carbocycles. The number of morpholine rings is 1. The van der Waals surface area contributed by atoms with Crippen molar-refractivity contribution in [1.29, 1.82) is 0 Å². The number of nitrogens with one attached hydrogen (secondary N) is 1. The molecule has 1 aliphatic rings. The van der Waals surface area contributed by atoms with Crippen molar-refractivity contribution < 1.29 is 41.4 Å². The Morgan fingerprint density at radius 3 is 2.41 bits per heavy atom. The molecule has 184 valence electrons. The summed E-state index contributed by atoms with van der Waals surface area (Å²) in [5.41, 5.74) is 0.817. The SMILES string of the molecule is COC(=O)c1c(C)[nH]c(C(=O)C(C)OC(=O)c2ccc(F)c(S(=O)(=O)N3CCOCC3)c2)c1C. The number of halogens is 1. The highest BCUT2D eigenvalue weighted by Gasteiger charge is 2.31. The van der Waals surface area contributed by atoms with Crippen molar-refractivity contribution in [2.45, 2.75) is 31.8 Å². The summed E-state index contributed by atoms with van der Waals surface area (Å²) in [6.07, 6.45) is -1.28. The summed E-state index contributed by atoms with van der Waals surface area (Å²) in [7, 11) is -2.98. The summed E-state index contributed by atoms with van der Waals surface area (Å²) in [6.45, 7) is 4.97. The van der Waals surface area contributed by atoms with Gasteiger partial charge in [-0.2, -0.15) is 4.31 Å². The number of aromatic nitrogens is 1. The van der Waals surface area contributed by atoms with Crippen molar-refractivity contribution in [2.75, 3.05) is 33.4 Å². The first-order valence-corrected chi connectivity index (χ1v) is 11.8. The molecule has 0 bridgehead atoms. The van der Waals surface area contributed by atoms with Gasteiger partial charge >= 0.3 is 11.9 Å². The molecule has 2 aromatic rings. The van der Waals surface area contributed by atoms with E-state index in [1.807, 2.05) is 0 Å². The molecule has 0 aliphatic carbocycles. The number of carbonyl (C=O) groups is 3. The number of nitrogens with zero attached hydrogens (tertiary/aromatic N) is 1. The predicted octanol–water partition coefficient (Wildman–Crippen LogP) is 2.01. The van der Waals surface area contributed by atoms with Gasteiger partial charge in [-0.05, 0) is 44.5 Å². The number of ether oxygens (including phenoxy) is 3. The van der Waals surface area contributed by atoms with Gasteiger partial charge in [-0.15, -0.1) is 0 Å². The summed E-state index contributed by atoms with van der Waals surface area (Å²) >= 11 is 0. The smallest absolute Gasteiger partial charge is 0.339 e. The summed E-state index contributed by atoms with van der Waals surface area (Å²) in [4.78, 5) is 39.6. The van der Waals surface area contributed by atoms with Crippen LogP contribution < -0.4 is 0 Å². The van der Waals surface area contributed by atoms with E-state index in [4.69, 9.17) is 14.2 Å². The highest BCUT2D eigenvalue weighted by atomic mass is 32.2. The third-order valence-corrected chi connectivity index (χ3v) is 7.39. The normalized spacial score (nSPS) is 15.6. The molecule has 0 saturated carbocycles. The third-order valence-electron chi connectivity index (χ3n) is 5.48. The van der Waals surface area contributed by atoms with Crippen molar-refractivity contribution in [3.8, 4) is 0 Å². The van der Waals surface area contributed by atoms with Crippen LogP contribution in [0.25, 0.3) is 0 Å². The number of ketones is 1. The lowest BCUT2D eigenvalue weighted by atomic mass is 10.1. The van der Waals surface area contributed by atoms with Gasteiger partial charge in [0.1, 0.15) is 10.7 Å². The van der Waals surface area contributed by atoms with Crippen molar-refractivity contribution in [2.24, 2.45) is 0 Å². The quantitative estimate of drug-likeness (QED) is 0.455. The Morgan fingerprint density at radius 1 is 1.15 bits per heavy atom. The second kappa shape index (κ2) is 10.0. The standard InChI is InChI=1S/C22H25FN2O8S/c1-12-18(22(28)31-4)13(2)24-19(12)20(26)14(3)33-21(27)15-5-6-16(23)17(11-15)34(29,30)25-7-9-32-10-8-25/h5-6,11,14,24H,7-10H2,1-4H3. The van der Waals surface area contributed by atoms with Crippen molar-refractivity contribution >= 4 is 27.7 Å². The minimum Gasteiger partial charge on any atom is -0.465 e. The number of carbonyl (C=O) groups excluding carboxylic acids is 3. The fraction of sp³-hybridized carbons (Fsp3) is 0.409. The molecular formula is C22H25FN2O8S. The monoisotopic (exact) mass is 496 g/mol. The zero-order chi connectivity index (χ0) is 25.2. The number of hydrogen-bond donors (Lipinski definition) is 1. The van der Waals surface area contributed by atoms with Gasteiger partial charge in [0.2, 0.25) is 15.8 Å². The molecule has 12 heteroatoms. The van der Waals surface area contributed by atoms with Gasteiger partial charge in [-0.3, -0.25) is 4.79 Å². The zero-order valence-corrected chi connectivity index (χ0v) is 20.0. The van der Waals surface area contributed by atoms with Crippen LogP contribution in [-0.4, -0.2) is 74.9 Å². The first-order valence-electron chi connectivity index (χ1n) is 10.4. The van der Waals surface area contributed by atoms with Gasteiger partial charge in [0, 0.05) is 18.8 Å². The van der Waals surface area contributed by atoms with Crippen LogP contribution in [0.4, 0.5) is 4.39 Å². The molecular weight excluding hydrogens is 471 g/mol. The van der Waals surface area contributed by atoms with E-state index in [2.05, 4.69) is 4.98 Å². The van der Waals surface area contributed by atoms with E-state index in [1.165, 1.54) is 14.0 Å². The largest absolute Gasteiger partial charge is 0.465 e. The van der Waals surface area contributed by atoms with Crippen LogP contribution in [0, 0.1) is 19.7 Å². The molecule has 1 aliphatic heterocycles. The number of sulfonamides is 1. The van der Waals surface area contributed by atoms with E-state index < -0.39 is 44.6 Å². The highest BCUT2D eigenvalue weighted by Crippen LogP contribution is 2.24. The van der Waals surface area contributed by atoms with Gasteiger partial charge in [0.15, 0.2) is 6.10 Å². The second-order valence-electron chi connectivity index (χ2n) is 7.69. The third kappa shape index (κ3) is 4.88. The summed E-state index contributed by atoms with van der Waals surface area (Å²) in [5.74, 6) is -3.24. The molecule has 1 saturated heterocycles. The van der Waals surface area contributed by atoms with Crippen LogP contribution in [0.2, 0.25) is 0 Å². The number of esters is 2. The molecule has 34 heavy (non-hydrogen) atoms. The Hall–Kier alpha value is -3.09. The van der Waals surface area contributed by atoms with Gasteiger partial charge in [0.25, 0.3) is 0 Å². The Bertz CT molecular complexity index is 1230. The van der Waals surface area contributed by atoms with E-state index in [9.17, 15) is 27.2 Å². The molecule has 10 nitrogen and oxygen atoms in total. The molecule has 1 unspecified atom stereocenters. The van der Waals surface area contributed by atoms with E-state index in [0.29, 0.717) is 11.3 Å². The number of aromatic amines is 1. The Balaban J connectivity index is 1.81. The minimum absolute atomic E-state index is 0.0600. The highest BCUT2D eigenvalue weighted by molar-refractivity contribution is 7.89. The fourth-order valence-corrected chi connectivity index (χ4v) is 5.14. The molecule has 0 radical (unpaired) electrons. The summed E-state index contributed by atoms with van der Waals surface area (Å²) in [5, 5.41) is 0. The lowest BCUT2D eigenvalue weighted by Gasteiger charge is -2.26. The first-order chi connectivity index (χ1) is 16.0. The summed E-state index contributed by atoms with van der Waals surface area (Å²) < 4.78 is 56.2. The maximum absolute atomic E-state index is 14.4. The van der Waals surface area contributed by atoms with Gasteiger partial charge < -0.3 is 19.2 Å². The lowest BCUT2D eigenvalue weighted by molar-refractivity contribution is 0.0316. The van der Waals surface area contributed by atoms with E-state index >= 15 is 0 Å². The number of benzene rings is 1. The van der Waals surface area contributed by atoms with Crippen molar-refractivity contribution in [1.82, 2.24) is 9.29 Å². The molecule has 1 aromatic heterocycles. The predicted molar refractivity (Wildman–Crippen MR) is 117 cm³/mol. The van der Waals surface area contributed by atoms with E-state index in [0.717, 1.165) is 22.5 Å². The van der Waals surface area contributed by atoms with Crippen LogP contribution >= 0.6 is 0 Å². The van der Waals surface area contributed by atoms with E-state index in [1.54, 1.807) is 13.8 Å². The van der Waals surface area contributed by atoms with Crippen LogP contribution in [0.3, 0.4) is 0 Å². The first kappa shape index (κ1) is 25.5. The van der Waals surface area contributed by atoms with Crippen molar-refractivity contribution in [3.63, 3.8) is 0 Å². The molecule has 3 rings (SSSR count). The number of hydrogen-bond acceptors (Lipinski definition) is 8. The van der Waals surface area contributed by atoms with Crippen molar-refractivity contribution in [3.05, 3.63) is 52.1 Å². The maximum atomic E-state index is 14.4. The molecule has 1 atom stereocenters. The van der Waals surface area contributed by atoms with Crippen LogP contribution in [0.5, 0.6) is 0 Å². The van der Waals surface area contributed by atoms with Crippen LogP contribution in [0.1, 0.15) is 49.4 Å². The second-order valence-corrected chi connectivity index (χ2v) is 9.60. The Labute approximate surface area is 196 Å². The topological polar surface area (TPSA) is 132 Å². The number of Topliss-reactive ketones (excluding diaryl/α,β-unsaturated/α-hetero) is 1. The van der Waals surface area contributed by atoms with Gasteiger partial charge in [0.05, 0.1) is 37.1 Å². The number of rotatable bonds is 7. The number of methoxy groups -OCH3 is 1. The molecule has 1 fully saturated rings. The molecule has 2 heterocycles. The molecule has 1 N–H and O–H groups in total. The van der Waals surface area contributed by atoms with Crippen LogP contribution in [0.15, 0.2) is 23.1 Å². The minimum atomic E-state index is -4.20. The van der Waals surface area contributed by atoms with Gasteiger partial charge in [-0.1, -0.05) is 0 Å². The lowest BCUT2D eigenvalue weighted by Crippen LogP contribution is -2.41. The molecule has 0 amide bonds. The summed E-state index contributed by atoms with van der Waals surface area (Å²) in [6, 6.07) is 2.82. The Morgan fingerprint density at radius 2 is 1.79 bits per heavy atom. The number of aryl methyl sites for hydroxylation is 1. The van der Waals surface area contributed by atoms with E-state index in [-0.39, 0.29) is 43.1 Å². The Kier molecular flexibility index (Phi) is 7.54. The van der Waals surface area contributed by atoms with Gasteiger partial charge in [-0.25, -0.2) is 22.4 Å². The zero-order valence-electron chi connectivity index (χ0n) is 19.1. The average molecular weight is 497 g/mol. The number of H-pyrrole nitrogens is 1. The fourth-order valence-electron chi connectivity index (χ4n) is 3.64. The maximum Gasteiger partial charge on any atom is 0.339 e. The molecule has 0 spiro atoms. The average Bonchev–Trinajstić information content (AvgIpc) is 3.12.